The minimum atomic E-state index is 0.158. The summed E-state index contributed by atoms with van der Waals surface area (Å²) in [7, 11) is 2.11. The van der Waals surface area contributed by atoms with Gasteiger partial charge in [0.25, 0.3) is 0 Å². The predicted molar refractivity (Wildman–Crippen MR) is 77.1 cm³/mol. The second-order valence-corrected chi connectivity index (χ2v) is 7.85. The first-order valence-corrected chi connectivity index (χ1v) is 8.04. The number of fused-ring (bicyclic) bond motifs is 1. The van der Waals surface area contributed by atoms with Gasteiger partial charge in [0.05, 0.1) is 11.2 Å². The molecule has 0 aromatic carbocycles. The van der Waals surface area contributed by atoms with Crippen LogP contribution in [0.1, 0.15) is 61.5 Å². The number of aryl methyl sites for hydroxylation is 2. The zero-order valence-electron chi connectivity index (χ0n) is 11.8. The standard InChI is InChI=1S/C15H24N2S/c1-14(2)8-9-15(10-14,16-3)13-17-11-6-4-5-7-12(11)18-13/h16H,4-10H2,1-3H3. The Balaban J connectivity index is 1.95. The Kier molecular flexibility index (Phi) is 3.02. The molecule has 1 N–H and O–H groups in total. The molecule has 18 heavy (non-hydrogen) atoms. The Labute approximate surface area is 114 Å². The number of nitrogens with one attached hydrogen (secondary N) is 1. The lowest BCUT2D eigenvalue weighted by Gasteiger charge is -2.28. The lowest BCUT2D eigenvalue weighted by molar-refractivity contribution is 0.303. The van der Waals surface area contributed by atoms with Crippen LogP contribution in [0, 0.1) is 5.41 Å². The molecule has 1 aromatic heterocycles. The van der Waals surface area contributed by atoms with Gasteiger partial charge in [-0.25, -0.2) is 4.98 Å². The summed E-state index contributed by atoms with van der Waals surface area (Å²) in [4.78, 5) is 6.56. The first-order chi connectivity index (χ1) is 8.55. The summed E-state index contributed by atoms with van der Waals surface area (Å²) >= 11 is 1.98. The second-order valence-electron chi connectivity index (χ2n) is 6.77. The highest BCUT2D eigenvalue weighted by molar-refractivity contribution is 7.11. The molecule has 1 saturated carbocycles. The van der Waals surface area contributed by atoms with Gasteiger partial charge in [-0.05, 0) is 57.4 Å². The van der Waals surface area contributed by atoms with E-state index in [4.69, 9.17) is 4.98 Å². The third-order valence-corrected chi connectivity index (χ3v) is 6.10. The molecule has 1 unspecified atom stereocenters. The van der Waals surface area contributed by atoms with Gasteiger partial charge in [-0.1, -0.05) is 13.8 Å². The van der Waals surface area contributed by atoms with Crippen LogP contribution in [0.4, 0.5) is 0 Å². The number of rotatable bonds is 2. The molecule has 1 heterocycles. The van der Waals surface area contributed by atoms with Crippen LogP contribution in [0.3, 0.4) is 0 Å². The van der Waals surface area contributed by atoms with Crippen LogP contribution in [0.2, 0.25) is 0 Å². The molecular weight excluding hydrogens is 240 g/mol. The van der Waals surface area contributed by atoms with Gasteiger partial charge < -0.3 is 5.32 Å². The van der Waals surface area contributed by atoms with Crippen LogP contribution in [-0.2, 0) is 18.4 Å². The molecule has 0 bridgehead atoms. The molecular formula is C15H24N2S. The Bertz CT molecular complexity index is 426. The highest BCUT2D eigenvalue weighted by atomic mass is 32.1. The van der Waals surface area contributed by atoms with Gasteiger partial charge in [-0.15, -0.1) is 11.3 Å². The summed E-state index contributed by atoms with van der Waals surface area (Å²) < 4.78 is 0. The van der Waals surface area contributed by atoms with Crippen LogP contribution >= 0.6 is 11.3 Å². The number of thiazole rings is 1. The smallest absolute Gasteiger partial charge is 0.113 e. The number of aromatic nitrogens is 1. The zero-order valence-corrected chi connectivity index (χ0v) is 12.6. The third kappa shape index (κ3) is 2.01. The van der Waals surface area contributed by atoms with Gasteiger partial charge in [0.1, 0.15) is 5.01 Å². The van der Waals surface area contributed by atoms with E-state index in [2.05, 4.69) is 26.2 Å². The molecule has 0 saturated heterocycles. The van der Waals surface area contributed by atoms with Crippen LogP contribution in [0.5, 0.6) is 0 Å². The fraction of sp³-hybridized carbons (Fsp3) is 0.800. The average molecular weight is 264 g/mol. The van der Waals surface area contributed by atoms with Gasteiger partial charge in [0.2, 0.25) is 0 Å². The van der Waals surface area contributed by atoms with E-state index in [1.807, 2.05) is 11.3 Å². The number of nitrogens with zero attached hydrogens (tertiary/aromatic N) is 1. The van der Waals surface area contributed by atoms with Gasteiger partial charge >= 0.3 is 0 Å². The Morgan fingerprint density at radius 1 is 1.17 bits per heavy atom. The van der Waals surface area contributed by atoms with Crippen molar-refractivity contribution in [2.45, 2.75) is 64.3 Å². The average Bonchev–Trinajstić information content (AvgIpc) is 2.90. The maximum atomic E-state index is 5.00. The summed E-state index contributed by atoms with van der Waals surface area (Å²) in [5, 5.41) is 4.97. The normalized spacial score (nSPS) is 30.4. The van der Waals surface area contributed by atoms with Crippen molar-refractivity contribution < 1.29 is 0 Å². The lowest BCUT2D eigenvalue weighted by Crippen LogP contribution is -2.38. The highest BCUT2D eigenvalue weighted by Crippen LogP contribution is 2.50. The fourth-order valence-electron chi connectivity index (χ4n) is 3.61. The van der Waals surface area contributed by atoms with Crippen molar-refractivity contribution in [2.75, 3.05) is 7.05 Å². The quantitative estimate of drug-likeness (QED) is 0.882. The molecule has 2 aliphatic carbocycles. The van der Waals surface area contributed by atoms with Gasteiger partial charge in [-0.3, -0.25) is 0 Å². The van der Waals surface area contributed by atoms with E-state index in [1.54, 1.807) is 4.88 Å². The van der Waals surface area contributed by atoms with Crippen molar-refractivity contribution in [1.29, 1.82) is 0 Å². The molecule has 0 aliphatic heterocycles. The molecule has 1 atom stereocenters. The molecule has 1 aromatic rings. The lowest BCUT2D eigenvalue weighted by atomic mass is 9.88. The fourth-order valence-corrected chi connectivity index (χ4v) is 4.98. The third-order valence-electron chi connectivity index (χ3n) is 4.74. The molecule has 0 spiro atoms. The first kappa shape index (κ1) is 12.6. The summed E-state index contributed by atoms with van der Waals surface area (Å²) in [5.74, 6) is 0. The van der Waals surface area contributed by atoms with E-state index in [-0.39, 0.29) is 5.54 Å². The van der Waals surface area contributed by atoms with Crippen molar-refractivity contribution in [3.8, 4) is 0 Å². The van der Waals surface area contributed by atoms with E-state index in [9.17, 15) is 0 Å². The Morgan fingerprint density at radius 3 is 2.56 bits per heavy atom. The number of hydrogen-bond acceptors (Lipinski definition) is 3. The molecule has 0 radical (unpaired) electrons. The van der Waals surface area contributed by atoms with Gasteiger partial charge in [0.15, 0.2) is 0 Å². The maximum absolute atomic E-state index is 5.00. The second kappa shape index (κ2) is 4.31. The summed E-state index contributed by atoms with van der Waals surface area (Å²) in [6, 6.07) is 0. The predicted octanol–water partition coefficient (Wildman–Crippen LogP) is 3.65. The number of hydrogen-bond donors (Lipinski definition) is 1. The largest absolute Gasteiger partial charge is 0.308 e. The first-order valence-electron chi connectivity index (χ1n) is 7.23. The monoisotopic (exact) mass is 264 g/mol. The topological polar surface area (TPSA) is 24.9 Å². The van der Waals surface area contributed by atoms with E-state index >= 15 is 0 Å². The molecule has 3 heteroatoms. The van der Waals surface area contributed by atoms with Crippen molar-refractivity contribution in [1.82, 2.24) is 10.3 Å². The van der Waals surface area contributed by atoms with Gasteiger partial charge in [-0.2, -0.15) is 0 Å². The molecule has 2 aliphatic rings. The summed E-state index contributed by atoms with van der Waals surface area (Å²) in [5.41, 5.74) is 2.02. The van der Waals surface area contributed by atoms with Crippen molar-refractivity contribution >= 4 is 11.3 Å². The molecule has 0 amide bonds. The van der Waals surface area contributed by atoms with E-state index in [1.165, 1.54) is 55.6 Å². The summed E-state index contributed by atoms with van der Waals surface area (Å²) in [6.45, 7) is 4.78. The highest BCUT2D eigenvalue weighted by Gasteiger charge is 2.45. The maximum Gasteiger partial charge on any atom is 0.113 e. The van der Waals surface area contributed by atoms with Crippen LogP contribution in [0.25, 0.3) is 0 Å². The van der Waals surface area contributed by atoms with Crippen molar-refractivity contribution in [2.24, 2.45) is 5.41 Å². The molecule has 100 valence electrons. The molecule has 1 fully saturated rings. The van der Waals surface area contributed by atoms with E-state index < -0.39 is 0 Å². The van der Waals surface area contributed by atoms with Crippen LogP contribution in [0.15, 0.2) is 0 Å². The SMILES string of the molecule is CNC1(c2nc3c(s2)CCCC3)CCC(C)(C)C1. The van der Waals surface area contributed by atoms with E-state index in [0.717, 1.165) is 0 Å². The van der Waals surface area contributed by atoms with Crippen molar-refractivity contribution in [3.63, 3.8) is 0 Å². The van der Waals surface area contributed by atoms with Gasteiger partial charge in [0, 0.05) is 4.88 Å². The Morgan fingerprint density at radius 2 is 1.94 bits per heavy atom. The summed E-state index contributed by atoms with van der Waals surface area (Å²) in [6.07, 6.45) is 8.91. The van der Waals surface area contributed by atoms with Crippen molar-refractivity contribution in [3.05, 3.63) is 15.6 Å². The van der Waals surface area contributed by atoms with Crippen LogP contribution < -0.4 is 5.32 Å². The minimum Gasteiger partial charge on any atom is -0.308 e. The molecule has 2 nitrogen and oxygen atoms in total. The Hall–Kier alpha value is -0.410. The zero-order chi connectivity index (χ0) is 12.8. The minimum absolute atomic E-state index is 0.158. The van der Waals surface area contributed by atoms with E-state index in [0.29, 0.717) is 5.41 Å². The molecule has 3 rings (SSSR count). The van der Waals surface area contributed by atoms with Crippen LogP contribution in [-0.4, -0.2) is 12.0 Å².